The van der Waals surface area contributed by atoms with Crippen molar-refractivity contribution in [3.63, 3.8) is 0 Å². The SMILES string of the molecule is CC(=O)NC(C)C(=O)C=[N+]=[N-]. The second-order valence-corrected chi connectivity index (χ2v) is 2.07. The van der Waals surface area contributed by atoms with Crippen LogP contribution in [0.15, 0.2) is 0 Å². The third-order valence-corrected chi connectivity index (χ3v) is 1.03. The lowest BCUT2D eigenvalue weighted by Gasteiger charge is -2.04. The smallest absolute Gasteiger partial charge is 0.325 e. The van der Waals surface area contributed by atoms with E-state index in [9.17, 15) is 9.59 Å². The summed E-state index contributed by atoms with van der Waals surface area (Å²) in [6.45, 7) is 2.81. The molecule has 0 saturated heterocycles. The molecule has 0 radical (unpaired) electrons. The van der Waals surface area contributed by atoms with Crippen molar-refractivity contribution in [1.29, 1.82) is 0 Å². The summed E-state index contributed by atoms with van der Waals surface area (Å²) in [7, 11) is 0. The number of Topliss-reactive ketones (excluding diaryl/α,β-unsaturated/α-hetero) is 1. The molecule has 0 aromatic carbocycles. The Kier molecular flexibility index (Phi) is 3.77. The van der Waals surface area contributed by atoms with E-state index in [2.05, 4.69) is 10.1 Å². The minimum Gasteiger partial charge on any atom is -0.361 e. The zero-order chi connectivity index (χ0) is 8.85. The lowest BCUT2D eigenvalue weighted by Crippen LogP contribution is -2.37. The van der Waals surface area contributed by atoms with Gasteiger partial charge in [-0.3, -0.25) is 9.59 Å². The van der Waals surface area contributed by atoms with Crippen LogP contribution in [-0.4, -0.2) is 28.7 Å². The van der Waals surface area contributed by atoms with Crippen molar-refractivity contribution >= 4 is 17.9 Å². The average Bonchev–Trinajstić information content (AvgIpc) is 1.86. The lowest BCUT2D eigenvalue weighted by molar-refractivity contribution is -0.124. The number of carbonyl (C=O) groups is 2. The molecule has 1 N–H and O–H groups in total. The zero-order valence-electron chi connectivity index (χ0n) is 6.37. The maximum Gasteiger partial charge on any atom is 0.325 e. The van der Waals surface area contributed by atoms with Crippen LogP contribution in [0.2, 0.25) is 0 Å². The van der Waals surface area contributed by atoms with Crippen molar-refractivity contribution in [1.82, 2.24) is 5.32 Å². The van der Waals surface area contributed by atoms with Gasteiger partial charge in [0.1, 0.15) is 0 Å². The van der Waals surface area contributed by atoms with Gasteiger partial charge in [-0.1, -0.05) is 0 Å². The molecule has 0 fully saturated rings. The summed E-state index contributed by atoms with van der Waals surface area (Å²) in [6, 6.07) is -0.636. The second kappa shape index (κ2) is 4.35. The van der Waals surface area contributed by atoms with Crippen molar-refractivity contribution < 1.29 is 14.4 Å². The highest BCUT2D eigenvalue weighted by Gasteiger charge is 2.14. The molecule has 0 rings (SSSR count). The molecule has 0 bridgehead atoms. The second-order valence-electron chi connectivity index (χ2n) is 2.07. The number of hydrogen-bond donors (Lipinski definition) is 1. The fraction of sp³-hybridized carbons (Fsp3) is 0.500. The third-order valence-electron chi connectivity index (χ3n) is 1.03. The Morgan fingerprint density at radius 3 is 2.55 bits per heavy atom. The normalized spacial score (nSPS) is 11.1. The van der Waals surface area contributed by atoms with Crippen LogP contribution in [0.4, 0.5) is 0 Å². The summed E-state index contributed by atoms with van der Waals surface area (Å²) >= 11 is 0. The van der Waals surface area contributed by atoms with Gasteiger partial charge in [0.15, 0.2) is 0 Å². The monoisotopic (exact) mass is 155 g/mol. The van der Waals surface area contributed by atoms with E-state index in [4.69, 9.17) is 5.53 Å². The van der Waals surface area contributed by atoms with Crippen molar-refractivity contribution in [3.05, 3.63) is 5.53 Å². The van der Waals surface area contributed by atoms with E-state index in [-0.39, 0.29) is 5.91 Å². The van der Waals surface area contributed by atoms with E-state index in [1.165, 1.54) is 13.8 Å². The molecule has 60 valence electrons. The van der Waals surface area contributed by atoms with Gasteiger partial charge >= 0.3 is 6.21 Å². The number of nitrogens with one attached hydrogen (secondary N) is 1. The number of amides is 1. The molecule has 0 aliphatic carbocycles. The highest BCUT2D eigenvalue weighted by Crippen LogP contribution is 1.80. The number of nitrogens with zero attached hydrogens (tertiary/aromatic N) is 2. The summed E-state index contributed by atoms with van der Waals surface area (Å²) in [4.78, 5) is 23.7. The van der Waals surface area contributed by atoms with Crippen LogP contribution in [0.5, 0.6) is 0 Å². The van der Waals surface area contributed by atoms with Gasteiger partial charge in [0, 0.05) is 6.92 Å². The molecule has 0 aromatic heterocycles. The summed E-state index contributed by atoms with van der Waals surface area (Å²) in [5, 5.41) is 2.34. The van der Waals surface area contributed by atoms with Crippen LogP contribution in [0, 0.1) is 0 Å². The summed E-state index contributed by atoms with van der Waals surface area (Å²) < 4.78 is 0. The molecule has 5 nitrogen and oxygen atoms in total. The lowest BCUT2D eigenvalue weighted by atomic mass is 10.2. The summed E-state index contributed by atoms with van der Waals surface area (Å²) in [5.41, 5.74) is 7.96. The van der Waals surface area contributed by atoms with Crippen LogP contribution < -0.4 is 5.32 Å². The molecular formula is C6H9N3O2. The Balaban J connectivity index is 4.02. The van der Waals surface area contributed by atoms with Crippen LogP contribution in [0.1, 0.15) is 13.8 Å². The Bertz CT molecular complexity index is 218. The Hall–Kier alpha value is -1.48. The number of ketones is 1. The van der Waals surface area contributed by atoms with Crippen LogP contribution in [0.25, 0.3) is 5.53 Å². The fourth-order valence-corrected chi connectivity index (χ4v) is 0.545. The molecule has 5 heteroatoms. The molecule has 0 saturated carbocycles. The van der Waals surface area contributed by atoms with E-state index in [1.54, 1.807) is 0 Å². The van der Waals surface area contributed by atoms with Crippen molar-refractivity contribution in [2.75, 3.05) is 0 Å². The van der Waals surface area contributed by atoms with Crippen molar-refractivity contribution in [2.24, 2.45) is 0 Å². The minimum absolute atomic E-state index is 0.294. The predicted octanol–water partition coefficient (Wildman–Crippen LogP) is -0.619. The Morgan fingerprint density at radius 2 is 2.18 bits per heavy atom. The first-order valence-electron chi connectivity index (χ1n) is 3.06. The Labute approximate surface area is 64.0 Å². The van der Waals surface area contributed by atoms with Gasteiger partial charge in [-0.15, -0.1) is 0 Å². The molecule has 0 aliphatic rings. The van der Waals surface area contributed by atoms with Crippen molar-refractivity contribution in [2.45, 2.75) is 19.9 Å². The molecule has 0 heterocycles. The molecular weight excluding hydrogens is 146 g/mol. The zero-order valence-corrected chi connectivity index (χ0v) is 6.37. The van der Waals surface area contributed by atoms with E-state index < -0.39 is 11.8 Å². The first-order valence-corrected chi connectivity index (χ1v) is 3.06. The molecule has 1 atom stereocenters. The number of rotatable bonds is 3. The van der Waals surface area contributed by atoms with Crippen LogP contribution in [-0.2, 0) is 9.59 Å². The van der Waals surface area contributed by atoms with Gasteiger partial charge in [0.25, 0.3) is 5.78 Å². The number of hydrogen-bond acceptors (Lipinski definition) is 2. The molecule has 1 amide bonds. The van der Waals surface area contributed by atoms with Gasteiger partial charge in [0.05, 0.1) is 6.04 Å². The predicted molar refractivity (Wildman–Crippen MR) is 38.0 cm³/mol. The van der Waals surface area contributed by atoms with Crippen LogP contribution >= 0.6 is 0 Å². The standard InChI is InChI=1S/C6H9N3O2/c1-4(9-5(2)10)6(11)3-8-7/h3-4H,1-2H3,(H,9,10). The van der Waals surface area contributed by atoms with E-state index in [1.807, 2.05) is 0 Å². The Morgan fingerprint density at radius 1 is 1.64 bits per heavy atom. The van der Waals surface area contributed by atoms with Gasteiger partial charge in [-0.05, 0) is 6.92 Å². The first-order chi connectivity index (χ1) is 5.07. The topological polar surface area (TPSA) is 82.6 Å². The molecule has 0 spiro atoms. The molecule has 0 aromatic rings. The largest absolute Gasteiger partial charge is 0.361 e. The highest BCUT2D eigenvalue weighted by atomic mass is 16.2. The molecule has 1 unspecified atom stereocenters. The van der Waals surface area contributed by atoms with Crippen LogP contribution in [0.3, 0.4) is 0 Å². The van der Waals surface area contributed by atoms with Gasteiger partial charge in [-0.25, -0.2) is 0 Å². The van der Waals surface area contributed by atoms with E-state index in [0.717, 1.165) is 6.21 Å². The maximum atomic E-state index is 10.8. The van der Waals surface area contributed by atoms with Gasteiger partial charge < -0.3 is 10.8 Å². The van der Waals surface area contributed by atoms with E-state index in [0.29, 0.717) is 0 Å². The molecule has 11 heavy (non-hydrogen) atoms. The van der Waals surface area contributed by atoms with Gasteiger partial charge in [-0.2, -0.15) is 4.79 Å². The fourth-order valence-electron chi connectivity index (χ4n) is 0.545. The molecule has 0 aliphatic heterocycles. The maximum absolute atomic E-state index is 10.8. The third kappa shape index (κ3) is 4.00. The number of carbonyl (C=O) groups excluding carboxylic acids is 2. The quantitative estimate of drug-likeness (QED) is 0.334. The minimum atomic E-state index is -0.636. The summed E-state index contributed by atoms with van der Waals surface area (Å²) in [5.74, 6) is -0.736. The average molecular weight is 155 g/mol. The van der Waals surface area contributed by atoms with Crippen molar-refractivity contribution in [3.8, 4) is 0 Å². The highest BCUT2D eigenvalue weighted by molar-refractivity contribution is 6.27. The van der Waals surface area contributed by atoms with Gasteiger partial charge in [0.2, 0.25) is 5.91 Å². The van der Waals surface area contributed by atoms with E-state index >= 15 is 0 Å². The summed E-state index contributed by atoms with van der Waals surface area (Å²) in [6.07, 6.45) is 0.751. The first kappa shape index (κ1) is 9.52.